The Bertz CT molecular complexity index is 643. The molecule has 2 N–H and O–H groups in total. The van der Waals surface area contributed by atoms with Crippen molar-refractivity contribution in [1.82, 2.24) is 5.32 Å². The molecule has 0 saturated carbocycles. The average Bonchev–Trinajstić information content (AvgIpc) is 2.55. The number of ether oxygens (including phenoxy) is 1. The number of benzene rings is 2. The molecule has 4 nitrogen and oxygen atoms in total. The molecule has 1 amide bonds. The second-order valence-corrected chi connectivity index (χ2v) is 6.04. The molecule has 0 aliphatic heterocycles. The first-order chi connectivity index (χ1) is 11.6. The highest BCUT2D eigenvalue weighted by molar-refractivity contribution is 5.88. The minimum Gasteiger partial charge on any atom is -0.383 e. The van der Waals surface area contributed by atoms with Gasteiger partial charge in [-0.15, -0.1) is 0 Å². The zero-order chi connectivity index (χ0) is 17.4. The molecule has 2 atom stereocenters. The summed E-state index contributed by atoms with van der Waals surface area (Å²) < 4.78 is 5.37. The predicted molar refractivity (Wildman–Crippen MR) is 98.1 cm³/mol. The Balaban J connectivity index is 2.04. The van der Waals surface area contributed by atoms with Gasteiger partial charge in [0.15, 0.2) is 0 Å². The van der Waals surface area contributed by atoms with Gasteiger partial charge in [0.1, 0.15) is 0 Å². The summed E-state index contributed by atoms with van der Waals surface area (Å²) in [4.78, 5) is 11.2. The van der Waals surface area contributed by atoms with E-state index in [0.29, 0.717) is 6.61 Å². The van der Waals surface area contributed by atoms with Crippen LogP contribution in [0.3, 0.4) is 0 Å². The lowest BCUT2D eigenvalue weighted by molar-refractivity contribution is -0.114. The van der Waals surface area contributed by atoms with E-state index in [-0.39, 0.29) is 18.0 Å². The van der Waals surface area contributed by atoms with Crippen LogP contribution in [0, 0.1) is 0 Å². The maximum Gasteiger partial charge on any atom is 0.221 e. The Morgan fingerprint density at radius 3 is 2.54 bits per heavy atom. The number of carbonyl (C=O) groups excluding carboxylic acids is 1. The van der Waals surface area contributed by atoms with Crippen LogP contribution in [0.5, 0.6) is 0 Å². The summed E-state index contributed by atoms with van der Waals surface area (Å²) in [7, 11) is 1.72. The first-order valence-corrected chi connectivity index (χ1v) is 8.25. The maximum absolute atomic E-state index is 11.2. The van der Waals surface area contributed by atoms with E-state index in [1.54, 1.807) is 7.11 Å². The molecule has 0 aliphatic carbocycles. The number of hydrogen-bond donors (Lipinski definition) is 2. The van der Waals surface area contributed by atoms with Crippen LogP contribution in [-0.2, 0) is 16.0 Å². The van der Waals surface area contributed by atoms with E-state index in [4.69, 9.17) is 4.74 Å². The number of methoxy groups -OCH3 is 1. The van der Waals surface area contributed by atoms with E-state index in [9.17, 15) is 4.79 Å². The summed E-state index contributed by atoms with van der Waals surface area (Å²) in [6.45, 7) is 4.29. The second kappa shape index (κ2) is 9.21. The first-order valence-electron chi connectivity index (χ1n) is 8.25. The van der Waals surface area contributed by atoms with Crippen LogP contribution < -0.4 is 10.6 Å². The van der Waals surface area contributed by atoms with Crippen molar-refractivity contribution in [2.24, 2.45) is 0 Å². The highest BCUT2D eigenvalue weighted by atomic mass is 16.5. The summed E-state index contributed by atoms with van der Waals surface area (Å²) in [5.74, 6) is -0.0610. The highest BCUT2D eigenvalue weighted by Crippen LogP contribution is 2.18. The van der Waals surface area contributed by atoms with Gasteiger partial charge in [0.25, 0.3) is 0 Å². The summed E-state index contributed by atoms with van der Waals surface area (Å²) >= 11 is 0. The molecule has 0 unspecified atom stereocenters. The van der Waals surface area contributed by atoms with Crippen LogP contribution in [0.2, 0.25) is 0 Å². The van der Waals surface area contributed by atoms with Crippen LogP contribution in [0.1, 0.15) is 31.0 Å². The Kier molecular flexibility index (Phi) is 6.97. The van der Waals surface area contributed by atoms with E-state index in [2.05, 4.69) is 47.9 Å². The molecular formula is C20H26N2O2. The van der Waals surface area contributed by atoms with Crippen molar-refractivity contribution in [1.29, 1.82) is 0 Å². The monoisotopic (exact) mass is 326 g/mol. The van der Waals surface area contributed by atoms with Gasteiger partial charge in [-0.1, -0.05) is 42.5 Å². The van der Waals surface area contributed by atoms with Crippen molar-refractivity contribution < 1.29 is 9.53 Å². The van der Waals surface area contributed by atoms with Crippen molar-refractivity contribution in [2.45, 2.75) is 32.4 Å². The molecule has 24 heavy (non-hydrogen) atoms. The average molecular weight is 326 g/mol. The third-order valence-corrected chi connectivity index (χ3v) is 3.89. The number of anilines is 1. The van der Waals surface area contributed by atoms with Gasteiger partial charge in [0, 0.05) is 31.8 Å². The molecular weight excluding hydrogens is 300 g/mol. The fraction of sp³-hybridized carbons (Fsp3) is 0.350. The number of carbonyl (C=O) groups is 1. The van der Waals surface area contributed by atoms with E-state index in [1.165, 1.54) is 12.5 Å². The molecule has 128 valence electrons. The summed E-state index contributed by atoms with van der Waals surface area (Å²) in [5.41, 5.74) is 3.24. The summed E-state index contributed by atoms with van der Waals surface area (Å²) in [6, 6.07) is 18.7. The molecule has 2 aromatic carbocycles. The number of nitrogens with one attached hydrogen (secondary N) is 2. The van der Waals surface area contributed by atoms with Crippen LogP contribution in [0.15, 0.2) is 54.6 Å². The molecule has 2 rings (SSSR count). The molecule has 0 bridgehead atoms. The lowest BCUT2D eigenvalue weighted by atomic mass is 10.0. The fourth-order valence-electron chi connectivity index (χ4n) is 2.80. The van der Waals surface area contributed by atoms with Crippen LogP contribution in [0.4, 0.5) is 5.69 Å². The number of hydrogen-bond acceptors (Lipinski definition) is 3. The molecule has 0 radical (unpaired) electrons. The molecule has 0 aliphatic rings. The lowest BCUT2D eigenvalue weighted by Crippen LogP contribution is -2.37. The Hall–Kier alpha value is -2.17. The van der Waals surface area contributed by atoms with Gasteiger partial charge in [-0.3, -0.25) is 4.79 Å². The van der Waals surface area contributed by atoms with E-state index in [0.717, 1.165) is 17.7 Å². The zero-order valence-electron chi connectivity index (χ0n) is 14.6. The van der Waals surface area contributed by atoms with Gasteiger partial charge in [-0.25, -0.2) is 0 Å². The lowest BCUT2D eigenvalue weighted by Gasteiger charge is -2.24. The molecule has 0 heterocycles. The summed E-state index contributed by atoms with van der Waals surface area (Å²) in [5, 5.41) is 6.45. The zero-order valence-corrected chi connectivity index (χ0v) is 14.6. The van der Waals surface area contributed by atoms with Gasteiger partial charge in [-0.05, 0) is 36.6 Å². The van der Waals surface area contributed by atoms with Crippen molar-refractivity contribution in [3.05, 3.63) is 65.7 Å². The van der Waals surface area contributed by atoms with Gasteiger partial charge < -0.3 is 15.4 Å². The smallest absolute Gasteiger partial charge is 0.221 e. The third-order valence-electron chi connectivity index (χ3n) is 3.89. The molecule has 2 aromatic rings. The Morgan fingerprint density at radius 2 is 1.88 bits per heavy atom. The largest absolute Gasteiger partial charge is 0.383 e. The topological polar surface area (TPSA) is 50.4 Å². The maximum atomic E-state index is 11.2. The van der Waals surface area contributed by atoms with Crippen LogP contribution >= 0.6 is 0 Å². The van der Waals surface area contributed by atoms with Crippen molar-refractivity contribution in [3.8, 4) is 0 Å². The Labute approximate surface area is 144 Å². The van der Waals surface area contributed by atoms with Gasteiger partial charge >= 0.3 is 0 Å². The quantitative estimate of drug-likeness (QED) is 0.780. The first kappa shape index (κ1) is 18.2. The summed E-state index contributed by atoms with van der Waals surface area (Å²) in [6.07, 6.45) is 0.907. The molecule has 0 spiro atoms. The number of rotatable bonds is 8. The van der Waals surface area contributed by atoms with E-state index >= 15 is 0 Å². The second-order valence-electron chi connectivity index (χ2n) is 6.04. The van der Waals surface area contributed by atoms with Gasteiger partial charge in [-0.2, -0.15) is 0 Å². The minimum atomic E-state index is -0.0610. The van der Waals surface area contributed by atoms with E-state index < -0.39 is 0 Å². The Morgan fingerprint density at radius 1 is 1.12 bits per heavy atom. The van der Waals surface area contributed by atoms with Crippen molar-refractivity contribution >= 4 is 11.6 Å². The van der Waals surface area contributed by atoms with Crippen LogP contribution in [-0.4, -0.2) is 25.7 Å². The normalized spacial score (nSPS) is 13.3. The van der Waals surface area contributed by atoms with Gasteiger partial charge in [0.05, 0.1) is 6.61 Å². The SMILES string of the molecule is COC[C@H](Cc1ccccc1)N[C@@H](C)c1cccc(NC(C)=O)c1. The number of amides is 1. The van der Waals surface area contributed by atoms with Crippen LogP contribution in [0.25, 0.3) is 0 Å². The standard InChI is InChI=1S/C20H26N2O2/c1-15(18-10-7-11-19(13-18)22-16(2)23)21-20(14-24-3)12-17-8-5-4-6-9-17/h4-11,13,15,20-21H,12,14H2,1-3H3,(H,22,23)/t15-,20-/m0/s1. The van der Waals surface area contributed by atoms with E-state index in [1.807, 2.05) is 24.3 Å². The minimum absolute atomic E-state index is 0.0610. The molecule has 0 saturated heterocycles. The molecule has 0 fully saturated rings. The fourth-order valence-corrected chi connectivity index (χ4v) is 2.80. The van der Waals surface area contributed by atoms with Crippen molar-refractivity contribution in [3.63, 3.8) is 0 Å². The molecule has 4 heteroatoms. The predicted octanol–water partition coefficient (Wildman–Crippen LogP) is 3.55. The third kappa shape index (κ3) is 5.80. The highest BCUT2D eigenvalue weighted by Gasteiger charge is 2.14. The molecule has 0 aromatic heterocycles. The van der Waals surface area contributed by atoms with Crippen molar-refractivity contribution in [2.75, 3.05) is 19.0 Å². The van der Waals surface area contributed by atoms with Gasteiger partial charge in [0.2, 0.25) is 5.91 Å².